The Kier molecular flexibility index (Phi) is 10.8. The Morgan fingerprint density at radius 2 is 1.54 bits per heavy atom. The molecule has 0 spiro atoms. The first-order chi connectivity index (χ1) is 17.5. The lowest BCUT2D eigenvalue weighted by Crippen LogP contribution is -2.45. The van der Waals surface area contributed by atoms with Crippen molar-refractivity contribution in [2.45, 2.75) is 58.3 Å². The van der Waals surface area contributed by atoms with Gasteiger partial charge in [-0.1, -0.05) is 12.1 Å². The van der Waals surface area contributed by atoms with Gasteiger partial charge < -0.3 is 25.8 Å². The number of amides is 3. The van der Waals surface area contributed by atoms with Crippen molar-refractivity contribution < 1.29 is 28.8 Å². The van der Waals surface area contributed by atoms with Crippen molar-refractivity contribution in [3.63, 3.8) is 0 Å². The van der Waals surface area contributed by atoms with Gasteiger partial charge in [0.15, 0.2) is 0 Å². The second kappa shape index (κ2) is 13.8. The molecule has 2 rings (SSSR count). The lowest BCUT2D eigenvalue weighted by Gasteiger charge is -2.23. The molecule has 0 fully saturated rings. The number of non-ortho nitro benzene ring substituents is 1. The zero-order valence-electron chi connectivity index (χ0n) is 21.1. The number of nitro groups is 1. The Morgan fingerprint density at radius 1 is 0.946 bits per heavy atom. The predicted molar refractivity (Wildman–Crippen MR) is 138 cm³/mol. The fraction of sp³-hybridized carbons (Fsp3) is 0.400. The zero-order valence-corrected chi connectivity index (χ0v) is 21.1. The molecule has 12 nitrogen and oxygen atoms in total. The average molecular weight is 516 g/mol. The van der Waals surface area contributed by atoms with Gasteiger partial charge >= 0.3 is 12.2 Å². The number of carbonyl (C=O) groups is 3. The zero-order chi connectivity index (χ0) is 27.4. The summed E-state index contributed by atoms with van der Waals surface area (Å²) < 4.78 is 10.4. The summed E-state index contributed by atoms with van der Waals surface area (Å²) in [6.07, 6.45) is 0.368. The molecule has 0 aliphatic rings. The van der Waals surface area contributed by atoms with Crippen LogP contribution in [0.4, 0.5) is 26.7 Å². The molecule has 0 unspecified atom stereocenters. The summed E-state index contributed by atoms with van der Waals surface area (Å²) in [5.41, 5.74) is 6.28. The van der Waals surface area contributed by atoms with E-state index in [1.165, 1.54) is 24.3 Å². The lowest BCUT2D eigenvalue weighted by atomic mass is 10.1. The number of hydrogen-bond donors (Lipinski definition) is 4. The van der Waals surface area contributed by atoms with Crippen molar-refractivity contribution in [3.05, 3.63) is 64.2 Å². The Labute approximate surface area is 215 Å². The maximum Gasteiger partial charge on any atom is 0.411 e. The first kappa shape index (κ1) is 29.0. The molecule has 0 aliphatic heterocycles. The maximum absolute atomic E-state index is 12.8. The lowest BCUT2D eigenvalue weighted by molar-refractivity contribution is -0.384. The SMILES string of the molecule is CC(C)(C)OC(=O)N[C@@H](CCCCN)C(=O)Nc1ccc(COC(=O)Nc2ccc([N+](=O)[O-])cc2)cc1. The van der Waals surface area contributed by atoms with E-state index in [9.17, 15) is 24.5 Å². The number of alkyl carbamates (subject to hydrolysis) is 1. The number of rotatable bonds is 11. The molecule has 2 aromatic carbocycles. The number of benzene rings is 2. The number of nitro benzene ring substituents is 1. The van der Waals surface area contributed by atoms with E-state index < -0.39 is 34.7 Å². The van der Waals surface area contributed by atoms with Crippen LogP contribution < -0.4 is 21.7 Å². The van der Waals surface area contributed by atoms with Gasteiger partial charge in [-0.2, -0.15) is 0 Å². The van der Waals surface area contributed by atoms with E-state index in [1.54, 1.807) is 45.0 Å². The number of unbranched alkanes of at least 4 members (excludes halogenated alkanes) is 1. The summed E-state index contributed by atoms with van der Waals surface area (Å²) >= 11 is 0. The molecule has 0 heterocycles. The number of nitrogens with one attached hydrogen (secondary N) is 3. The van der Waals surface area contributed by atoms with Gasteiger partial charge in [0.2, 0.25) is 5.91 Å². The molecule has 0 aliphatic carbocycles. The van der Waals surface area contributed by atoms with E-state index in [2.05, 4.69) is 16.0 Å². The second-order valence-corrected chi connectivity index (χ2v) is 9.17. The molecule has 0 saturated heterocycles. The molecule has 1 atom stereocenters. The van der Waals surface area contributed by atoms with Crippen molar-refractivity contribution in [2.75, 3.05) is 17.2 Å². The van der Waals surface area contributed by atoms with Crippen LogP contribution in [0.15, 0.2) is 48.5 Å². The number of nitrogens with two attached hydrogens (primary N) is 1. The molecule has 3 amide bonds. The van der Waals surface area contributed by atoms with Crippen molar-refractivity contribution >= 4 is 35.2 Å². The monoisotopic (exact) mass is 515 g/mol. The summed E-state index contributed by atoms with van der Waals surface area (Å²) in [6, 6.07) is 11.2. The minimum atomic E-state index is -0.799. The largest absolute Gasteiger partial charge is 0.444 e. The van der Waals surface area contributed by atoms with Crippen LogP contribution in [0.25, 0.3) is 0 Å². The van der Waals surface area contributed by atoms with Crippen LogP contribution in [0.1, 0.15) is 45.6 Å². The first-order valence-corrected chi connectivity index (χ1v) is 11.7. The highest BCUT2D eigenvalue weighted by Gasteiger charge is 2.24. The van der Waals surface area contributed by atoms with Gasteiger partial charge in [0.05, 0.1) is 4.92 Å². The minimum Gasteiger partial charge on any atom is -0.444 e. The summed E-state index contributed by atoms with van der Waals surface area (Å²) in [6.45, 7) is 5.66. The van der Waals surface area contributed by atoms with E-state index in [0.717, 1.165) is 0 Å². The quantitative estimate of drug-likeness (QED) is 0.194. The molecule has 37 heavy (non-hydrogen) atoms. The summed E-state index contributed by atoms with van der Waals surface area (Å²) in [7, 11) is 0. The van der Waals surface area contributed by atoms with Crippen LogP contribution >= 0.6 is 0 Å². The highest BCUT2D eigenvalue weighted by atomic mass is 16.6. The number of carbonyl (C=O) groups excluding carboxylic acids is 3. The third kappa shape index (κ3) is 10.9. The van der Waals surface area contributed by atoms with Gasteiger partial charge in [0, 0.05) is 23.5 Å². The third-order valence-corrected chi connectivity index (χ3v) is 4.87. The van der Waals surface area contributed by atoms with E-state index in [0.29, 0.717) is 42.7 Å². The topological polar surface area (TPSA) is 175 Å². The maximum atomic E-state index is 12.8. The molecule has 2 aromatic rings. The highest BCUT2D eigenvalue weighted by Crippen LogP contribution is 2.16. The van der Waals surface area contributed by atoms with E-state index in [4.69, 9.17) is 15.2 Å². The molecule has 0 bridgehead atoms. The molecule has 200 valence electrons. The Bertz CT molecular complexity index is 1070. The molecule has 0 saturated carbocycles. The second-order valence-electron chi connectivity index (χ2n) is 9.17. The number of nitrogens with zero attached hydrogens (tertiary/aromatic N) is 1. The number of hydrogen-bond acceptors (Lipinski definition) is 8. The molecular formula is C25H33N5O7. The Morgan fingerprint density at radius 3 is 2.11 bits per heavy atom. The fourth-order valence-corrected chi connectivity index (χ4v) is 3.09. The first-order valence-electron chi connectivity index (χ1n) is 11.7. The molecular weight excluding hydrogens is 482 g/mol. The van der Waals surface area contributed by atoms with Crippen LogP contribution in [0.5, 0.6) is 0 Å². The van der Waals surface area contributed by atoms with Crippen LogP contribution in [0.2, 0.25) is 0 Å². The summed E-state index contributed by atoms with van der Waals surface area (Å²) in [4.78, 5) is 47.1. The van der Waals surface area contributed by atoms with Crippen LogP contribution in [-0.2, 0) is 20.9 Å². The van der Waals surface area contributed by atoms with Gasteiger partial charge in [0.1, 0.15) is 18.2 Å². The molecule has 0 aromatic heterocycles. The third-order valence-electron chi connectivity index (χ3n) is 4.87. The Balaban J connectivity index is 1.89. The number of ether oxygens (including phenoxy) is 2. The smallest absolute Gasteiger partial charge is 0.411 e. The molecule has 0 radical (unpaired) electrons. The van der Waals surface area contributed by atoms with Crippen LogP contribution in [0, 0.1) is 10.1 Å². The average Bonchev–Trinajstić information content (AvgIpc) is 2.82. The fourth-order valence-electron chi connectivity index (χ4n) is 3.09. The van der Waals surface area contributed by atoms with Crippen molar-refractivity contribution in [1.29, 1.82) is 0 Å². The van der Waals surface area contributed by atoms with Gasteiger partial charge in [0.25, 0.3) is 5.69 Å². The standard InChI is InChI=1S/C25H33N5O7/c1-25(2,3)37-24(33)29-21(6-4-5-15-26)22(31)27-18-9-7-17(8-10-18)16-36-23(32)28-19-11-13-20(14-12-19)30(34)35/h7-14,21H,4-6,15-16,26H2,1-3H3,(H,27,31)(H,28,32)(H,29,33)/t21-/m0/s1. The highest BCUT2D eigenvalue weighted by molar-refractivity contribution is 5.96. The van der Waals surface area contributed by atoms with E-state index in [1.807, 2.05) is 0 Å². The van der Waals surface area contributed by atoms with Crippen molar-refractivity contribution in [2.24, 2.45) is 5.73 Å². The van der Waals surface area contributed by atoms with E-state index >= 15 is 0 Å². The summed E-state index contributed by atoms with van der Waals surface area (Å²) in [5.74, 6) is -0.394. The number of anilines is 2. The van der Waals surface area contributed by atoms with Crippen molar-refractivity contribution in [3.8, 4) is 0 Å². The van der Waals surface area contributed by atoms with Crippen molar-refractivity contribution in [1.82, 2.24) is 5.32 Å². The molecule has 12 heteroatoms. The Hall–Kier alpha value is -4.19. The van der Waals surface area contributed by atoms with Crippen LogP contribution in [0.3, 0.4) is 0 Å². The van der Waals surface area contributed by atoms with Gasteiger partial charge in [-0.15, -0.1) is 0 Å². The van der Waals surface area contributed by atoms with E-state index in [-0.39, 0.29) is 12.3 Å². The minimum absolute atomic E-state index is 0.0328. The van der Waals surface area contributed by atoms with Gasteiger partial charge in [-0.05, 0) is 76.4 Å². The summed E-state index contributed by atoms with van der Waals surface area (Å²) in [5, 5.41) is 18.6. The molecule has 5 N–H and O–H groups in total. The van der Waals surface area contributed by atoms with Crippen LogP contribution in [-0.4, -0.2) is 41.2 Å². The van der Waals surface area contributed by atoms with Gasteiger partial charge in [-0.3, -0.25) is 20.2 Å². The predicted octanol–water partition coefficient (Wildman–Crippen LogP) is 4.30. The normalized spacial score (nSPS) is 11.7. The van der Waals surface area contributed by atoms with Gasteiger partial charge in [-0.25, -0.2) is 9.59 Å².